The van der Waals surface area contributed by atoms with Crippen LogP contribution >= 0.6 is 0 Å². The highest BCUT2D eigenvalue weighted by atomic mass is 15.3. The zero-order chi connectivity index (χ0) is 12.4. The summed E-state index contributed by atoms with van der Waals surface area (Å²) in [7, 11) is 0. The molecule has 1 aliphatic carbocycles. The molecule has 1 aromatic carbocycles. The van der Waals surface area contributed by atoms with Gasteiger partial charge in [0.1, 0.15) is 0 Å². The van der Waals surface area contributed by atoms with Gasteiger partial charge in [0.25, 0.3) is 0 Å². The summed E-state index contributed by atoms with van der Waals surface area (Å²) in [6.45, 7) is 2.37. The van der Waals surface area contributed by atoms with Crippen molar-refractivity contribution in [2.75, 3.05) is 0 Å². The molecule has 94 valence electrons. The van der Waals surface area contributed by atoms with E-state index in [1.165, 1.54) is 31.2 Å². The second-order valence-electron chi connectivity index (χ2n) is 5.50. The summed E-state index contributed by atoms with van der Waals surface area (Å²) in [4.78, 5) is 0. The third-order valence-corrected chi connectivity index (χ3v) is 4.15. The minimum atomic E-state index is 0.771. The lowest BCUT2D eigenvalue weighted by Gasteiger charge is -2.26. The molecular formula is C16H20N2. The van der Waals surface area contributed by atoms with Crippen LogP contribution in [0.3, 0.4) is 0 Å². The van der Waals surface area contributed by atoms with Gasteiger partial charge in [0.2, 0.25) is 0 Å². The molecule has 3 rings (SSSR count). The number of benzene rings is 1. The van der Waals surface area contributed by atoms with Crippen LogP contribution in [0.15, 0.2) is 42.7 Å². The molecule has 0 N–H and O–H groups in total. The highest BCUT2D eigenvalue weighted by molar-refractivity contribution is 5.35. The molecule has 0 bridgehead atoms. The van der Waals surface area contributed by atoms with E-state index in [9.17, 15) is 0 Å². The largest absolute Gasteiger partial charge is 0.241 e. The highest BCUT2D eigenvalue weighted by Crippen LogP contribution is 2.35. The Morgan fingerprint density at radius 3 is 2.39 bits per heavy atom. The third kappa shape index (κ3) is 2.33. The van der Waals surface area contributed by atoms with Crippen molar-refractivity contribution in [1.29, 1.82) is 0 Å². The molecule has 2 aromatic rings. The monoisotopic (exact) mass is 240 g/mol. The number of aromatic nitrogens is 2. The van der Waals surface area contributed by atoms with Gasteiger partial charge in [-0.3, -0.25) is 0 Å². The van der Waals surface area contributed by atoms with Gasteiger partial charge in [0.05, 0.1) is 5.69 Å². The molecule has 0 spiro atoms. The van der Waals surface area contributed by atoms with Crippen LogP contribution in [-0.2, 0) is 0 Å². The molecule has 18 heavy (non-hydrogen) atoms. The van der Waals surface area contributed by atoms with Gasteiger partial charge in [-0.2, -0.15) is 5.10 Å². The maximum Gasteiger partial charge on any atom is 0.0645 e. The van der Waals surface area contributed by atoms with E-state index in [1.54, 1.807) is 0 Å². The minimum absolute atomic E-state index is 0.771. The first-order valence-corrected chi connectivity index (χ1v) is 6.93. The fraction of sp³-hybridized carbons (Fsp3) is 0.438. The predicted octanol–water partition coefficient (Wildman–Crippen LogP) is 4.17. The van der Waals surface area contributed by atoms with Crippen molar-refractivity contribution in [1.82, 2.24) is 9.78 Å². The van der Waals surface area contributed by atoms with Crippen LogP contribution in [0.5, 0.6) is 0 Å². The first-order chi connectivity index (χ1) is 8.83. The molecule has 0 saturated heterocycles. The van der Waals surface area contributed by atoms with Crippen molar-refractivity contribution < 1.29 is 0 Å². The molecule has 1 fully saturated rings. The van der Waals surface area contributed by atoms with Crippen molar-refractivity contribution in [2.24, 2.45) is 5.92 Å². The minimum Gasteiger partial charge on any atom is -0.241 e. The summed E-state index contributed by atoms with van der Waals surface area (Å²) in [5.41, 5.74) is 2.64. The van der Waals surface area contributed by atoms with Crippen LogP contribution in [0.1, 0.15) is 44.1 Å². The molecule has 1 aromatic heterocycles. The number of hydrogen-bond acceptors (Lipinski definition) is 1. The zero-order valence-corrected chi connectivity index (χ0v) is 10.9. The summed E-state index contributed by atoms with van der Waals surface area (Å²) >= 11 is 0. The first kappa shape index (κ1) is 11.5. The second-order valence-corrected chi connectivity index (χ2v) is 5.50. The molecule has 0 atom stereocenters. The number of hydrogen-bond donors (Lipinski definition) is 0. The van der Waals surface area contributed by atoms with E-state index in [0.717, 1.165) is 17.5 Å². The maximum absolute atomic E-state index is 4.26. The summed E-state index contributed by atoms with van der Waals surface area (Å²) in [5.74, 6) is 1.69. The van der Waals surface area contributed by atoms with Gasteiger partial charge in [0.15, 0.2) is 0 Å². The van der Waals surface area contributed by atoms with Gasteiger partial charge < -0.3 is 0 Å². The van der Waals surface area contributed by atoms with E-state index in [-0.39, 0.29) is 0 Å². The van der Waals surface area contributed by atoms with Crippen molar-refractivity contribution in [3.05, 3.63) is 48.3 Å². The highest BCUT2D eigenvalue weighted by Gasteiger charge is 2.19. The molecule has 1 saturated carbocycles. The Morgan fingerprint density at radius 1 is 1.06 bits per heavy atom. The zero-order valence-electron chi connectivity index (χ0n) is 10.9. The fourth-order valence-electron chi connectivity index (χ4n) is 2.91. The Hall–Kier alpha value is -1.57. The normalized spacial score (nSPS) is 24.1. The van der Waals surface area contributed by atoms with Gasteiger partial charge in [0, 0.05) is 12.4 Å². The van der Waals surface area contributed by atoms with Crippen molar-refractivity contribution in [3.63, 3.8) is 0 Å². The summed E-state index contributed by atoms with van der Waals surface area (Å²) in [6.07, 6.45) is 9.26. The average Bonchev–Trinajstić information content (AvgIpc) is 2.94. The van der Waals surface area contributed by atoms with Crippen molar-refractivity contribution in [2.45, 2.75) is 38.5 Å². The SMILES string of the molecule is CC1CCC(c2ccc(-n3cccn3)cc2)CC1. The van der Waals surface area contributed by atoms with Gasteiger partial charge >= 0.3 is 0 Å². The Bertz CT molecular complexity index is 476. The van der Waals surface area contributed by atoms with E-state index in [1.807, 2.05) is 23.1 Å². The Balaban J connectivity index is 1.75. The van der Waals surface area contributed by atoms with Crippen LogP contribution in [0.25, 0.3) is 5.69 Å². The first-order valence-electron chi connectivity index (χ1n) is 6.93. The molecular weight excluding hydrogens is 220 g/mol. The summed E-state index contributed by atoms with van der Waals surface area (Å²) < 4.78 is 1.91. The van der Waals surface area contributed by atoms with E-state index in [2.05, 4.69) is 36.3 Å². The van der Waals surface area contributed by atoms with Gasteiger partial charge in [-0.15, -0.1) is 0 Å². The Morgan fingerprint density at radius 2 is 1.78 bits per heavy atom. The van der Waals surface area contributed by atoms with Gasteiger partial charge in [-0.25, -0.2) is 4.68 Å². The molecule has 1 aliphatic rings. The second kappa shape index (κ2) is 4.97. The molecule has 2 nitrogen and oxygen atoms in total. The van der Waals surface area contributed by atoms with E-state index < -0.39 is 0 Å². The smallest absolute Gasteiger partial charge is 0.0645 e. The summed E-state index contributed by atoms with van der Waals surface area (Å²) in [6, 6.07) is 10.9. The standard InChI is InChI=1S/C16H20N2/c1-13-3-5-14(6-4-13)15-7-9-16(10-8-15)18-12-2-11-17-18/h2,7-14H,3-6H2,1H3. The van der Waals surface area contributed by atoms with Crippen LogP contribution < -0.4 is 0 Å². The fourth-order valence-corrected chi connectivity index (χ4v) is 2.91. The predicted molar refractivity (Wildman–Crippen MR) is 73.9 cm³/mol. The molecule has 0 radical (unpaired) electrons. The molecule has 0 unspecified atom stereocenters. The molecule has 2 heteroatoms. The quantitative estimate of drug-likeness (QED) is 0.770. The van der Waals surface area contributed by atoms with Crippen LogP contribution in [-0.4, -0.2) is 9.78 Å². The van der Waals surface area contributed by atoms with Crippen molar-refractivity contribution in [3.8, 4) is 5.69 Å². The van der Waals surface area contributed by atoms with Gasteiger partial charge in [-0.1, -0.05) is 31.9 Å². The van der Waals surface area contributed by atoms with Gasteiger partial charge in [-0.05, 0) is 48.4 Å². The molecule has 1 heterocycles. The summed E-state index contributed by atoms with van der Waals surface area (Å²) in [5, 5.41) is 4.26. The molecule has 0 aliphatic heterocycles. The number of rotatable bonds is 2. The lowest BCUT2D eigenvalue weighted by molar-refractivity contribution is 0.348. The topological polar surface area (TPSA) is 17.8 Å². The lowest BCUT2D eigenvalue weighted by atomic mass is 9.79. The van der Waals surface area contributed by atoms with Crippen LogP contribution in [0.4, 0.5) is 0 Å². The Kier molecular flexibility index (Phi) is 3.18. The number of nitrogens with zero attached hydrogens (tertiary/aromatic N) is 2. The van der Waals surface area contributed by atoms with E-state index in [4.69, 9.17) is 0 Å². The average molecular weight is 240 g/mol. The van der Waals surface area contributed by atoms with Crippen LogP contribution in [0, 0.1) is 5.92 Å². The van der Waals surface area contributed by atoms with E-state index in [0.29, 0.717) is 0 Å². The van der Waals surface area contributed by atoms with Crippen molar-refractivity contribution >= 4 is 0 Å². The lowest BCUT2D eigenvalue weighted by Crippen LogP contribution is -2.10. The molecule has 0 amide bonds. The Labute approximate surface area is 109 Å². The van der Waals surface area contributed by atoms with Crippen LogP contribution in [0.2, 0.25) is 0 Å². The third-order valence-electron chi connectivity index (χ3n) is 4.15. The maximum atomic E-state index is 4.26. The van der Waals surface area contributed by atoms with E-state index >= 15 is 0 Å².